The molecule has 0 rings (SSSR count). The van der Waals surface area contributed by atoms with E-state index in [4.69, 9.17) is 9.84 Å². The molecule has 0 saturated heterocycles. The number of aliphatic hydroxyl groups excluding tert-OH is 1. The van der Waals surface area contributed by atoms with E-state index in [-0.39, 0.29) is 22.0 Å². The Kier molecular flexibility index (Phi) is 27.0. The van der Waals surface area contributed by atoms with Gasteiger partial charge in [-0.05, 0) is 6.42 Å². The molecule has 1 atom stereocenters. The van der Waals surface area contributed by atoms with Crippen LogP contribution in [0.2, 0.25) is 0 Å². The van der Waals surface area contributed by atoms with E-state index in [9.17, 15) is 0 Å². The smallest absolute Gasteiger partial charge is 0.0697 e. The number of hydrogen-bond donors (Lipinski definition) is 1. The third-order valence-corrected chi connectivity index (χ3v) is 0.878. The Morgan fingerprint density at radius 3 is 2.30 bits per heavy atom. The van der Waals surface area contributed by atoms with Crippen molar-refractivity contribution >= 4 is 9.90 Å². The van der Waals surface area contributed by atoms with Crippen molar-refractivity contribution < 1.29 is 15.3 Å². The molecule has 3 N–H and O–H groups in total. The lowest BCUT2D eigenvalue weighted by atomic mass is 10.4. The third-order valence-electron chi connectivity index (χ3n) is 0.878. The Balaban J connectivity index is -0.000000245. The van der Waals surface area contributed by atoms with Crippen LogP contribution in [0.15, 0.2) is 0 Å². The summed E-state index contributed by atoms with van der Waals surface area (Å²) in [5, 5.41) is 8.24. The van der Waals surface area contributed by atoms with Crippen molar-refractivity contribution in [3.8, 4) is 0 Å². The highest BCUT2D eigenvalue weighted by molar-refractivity contribution is 6.92. The van der Waals surface area contributed by atoms with Crippen LogP contribution in [0.5, 0.6) is 0 Å². The van der Waals surface area contributed by atoms with Crippen molar-refractivity contribution in [2.24, 2.45) is 0 Å². The predicted octanol–water partition coefficient (Wildman–Crippen LogP) is 0.0288. The van der Waals surface area contributed by atoms with E-state index >= 15 is 0 Å². The molecule has 0 saturated carbocycles. The molecule has 0 aliphatic carbocycles. The molecule has 0 bridgehead atoms. The average Bonchev–Trinajstić information content (AvgIpc) is 1.81. The van der Waals surface area contributed by atoms with Gasteiger partial charge in [-0.25, -0.2) is 0 Å². The fourth-order valence-corrected chi connectivity index (χ4v) is 0.413. The largest absolute Gasteiger partial charge is 0.412 e. The number of ether oxygens (including phenoxy) is 1. The molecule has 0 aliphatic heterocycles. The van der Waals surface area contributed by atoms with Crippen molar-refractivity contribution in [1.29, 1.82) is 0 Å². The first-order valence-corrected chi connectivity index (χ1v) is 3.10. The Morgan fingerprint density at radius 1 is 1.30 bits per heavy atom. The summed E-state index contributed by atoms with van der Waals surface area (Å²) in [4.78, 5) is 0. The van der Waals surface area contributed by atoms with Crippen LogP contribution in [-0.2, 0) is 4.74 Å². The fraction of sp³-hybridized carbons (Fsp3) is 1.00. The van der Waals surface area contributed by atoms with Gasteiger partial charge >= 0.3 is 0 Å². The first kappa shape index (κ1) is 16.7. The summed E-state index contributed by atoms with van der Waals surface area (Å²) in [7, 11) is 0. The lowest BCUT2D eigenvalue weighted by molar-refractivity contribution is 0.0904. The first-order valence-electron chi connectivity index (χ1n) is 3.10. The fourth-order valence-electron chi connectivity index (χ4n) is 0.413. The molecule has 0 heterocycles. The standard InChI is InChI=1S/C6H14O2.H2O.H3P/c1-2-3-5-8-6-4-7;;/h7H,2-6H2,1H3;1H2;1H3. The predicted molar refractivity (Wildman–Crippen MR) is 47.5 cm³/mol. The van der Waals surface area contributed by atoms with E-state index in [1.165, 1.54) is 0 Å². The van der Waals surface area contributed by atoms with E-state index in [1.54, 1.807) is 0 Å². The molecule has 66 valence electrons. The molecule has 0 aliphatic rings. The highest BCUT2D eigenvalue weighted by Gasteiger charge is 1.82. The van der Waals surface area contributed by atoms with E-state index in [0.717, 1.165) is 19.4 Å². The van der Waals surface area contributed by atoms with Gasteiger partial charge in [-0.15, -0.1) is 0 Å². The molecule has 1 unspecified atom stereocenters. The van der Waals surface area contributed by atoms with Crippen LogP contribution in [0.1, 0.15) is 19.8 Å². The minimum absolute atomic E-state index is 0. The molecule has 0 aromatic heterocycles. The van der Waals surface area contributed by atoms with E-state index in [0.29, 0.717) is 6.61 Å². The van der Waals surface area contributed by atoms with E-state index in [2.05, 4.69) is 6.92 Å². The Hall–Kier alpha value is 0.310. The second-order valence-corrected chi connectivity index (χ2v) is 1.69. The second kappa shape index (κ2) is 16.1. The van der Waals surface area contributed by atoms with Gasteiger partial charge in [-0.2, -0.15) is 9.90 Å². The molecule has 3 nitrogen and oxygen atoms in total. The molecular weight excluding hydrogens is 151 g/mol. The highest BCUT2D eigenvalue weighted by Crippen LogP contribution is 1.85. The van der Waals surface area contributed by atoms with Gasteiger partial charge in [-0.3, -0.25) is 0 Å². The molecule has 0 fully saturated rings. The van der Waals surface area contributed by atoms with Gasteiger partial charge < -0.3 is 15.3 Å². The van der Waals surface area contributed by atoms with Crippen LogP contribution in [0, 0.1) is 0 Å². The summed E-state index contributed by atoms with van der Waals surface area (Å²) in [5.41, 5.74) is 0. The van der Waals surface area contributed by atoms with Crippen molar-refractivity contribution in [2.45, 2.75) is 19.8 Å². The van der Waals surface area contributed by atoms with Crippen LogP contribution in [0.3, 0.4) is 0 Å². The molecule has 4 heteroatoms. The van der Waals surface area contributed by atoms with Crippen molar-refractivity contribution in [2.75, 3.05) is 19.8 Å². The maximum absolute atomic E-state index is 8.24. The van der Waals surface area contributed by atoms with Gasteiger partial charge in [0, 0.05) is 6.61 Å². The number of unbranched alkanes of at least 4 members (excludes halogenated alkanes) is 1. The summed E-state index contributed by atoms with van der Waals surface area (Å²) in [5.74, 6) is 0. The lowest BCUT2D eigenvalue weighted by Gasteiger charge is -1.97. The Labute approximate surface area is 65.7 Å². The van der Waals surface area contributed by atoms with Gasteiger partial charge in [0.25, 0.3) is 0 Å². The van der Waals surface area contributed by atoms with Crippen LogP contribution in [0.25, 0.3) is 0 Å². The lowest BCUT2D eigenvalue weighted by Crippen LogP contribution is -1.99. The SMILES string of the molecule is CCCCOCCO.O.P. The molecule has 0 aromatic rings. The monoisotopic (exact) mass is 170 g/mol. The zero-order chi connectivity index (χ0) is 6.24. The molecule has 0 aromatic carbocycles. The summed E-state index contributed by atoms with van der Waals surface area (Å²) in [6, 6.07) is 0. The maximum Gasteiger partial charge on any atom is 0.0697 e. The van der Waals surface area contributed by atoms with Gasteiger partial charge in [0.1, 0.15) is 0 Å². The van der Waals surface area contributed by atoms with Crippen molar-refractivity contribution in [3.63, 3.8) is 0 Å². The topological polar surface area (TPSA) is 61.0 Å². The second-order valence-electron chi connectivity index (χ2n) is 1.69. The van der Waals surface area contributed by atoms with Gasteiger partial charge in [0.2, 0.25) is 0 Å². The van der Waals surface area contributed by atoms with Crippen LogP contribution in [0.4, 0.5) is 0 Å². The summed E-state index contributed by atoms with van der Waals surface area (Å²) < 4.78 is 4.97. The highest BCUT2D eigenvalue weighted by atomic mass is 31.0. The van der Waals surface area contributed by atoms with Crippen molar-refractivity contribution in [1.82, 2.24) is 0 Å². The number of aliphatic hydroxyl groups is 1. The zero-order valence-corrected chi connectivity index (χ0v) is 8.01. The van der Waals surface area contributed by atoms with Gasteiger partial charge in [-0.1, -0.05) is 13.3 Å². The minimum Gasteiger partial charge on any atom is -0.412 e. The molecular formula is C6H19O3P. The molecule has 0 spiro atoms. The van der Waals surface area contributed by atoms with E-state index in [1.807, 2.05) is 0 Å². The number of hydrogen-bond acceptors (Lipinski definition) is 2. The normalized spacial score (nSPS) is 7.80. The van der Waals surface area contributed by atoms with Crippen molar-refractivity contribution in [3.05, 3.63) is 0 Å². The zero-order valence-electron chi connectivity index (χ0n) is 6.60. The van der Waals surface area contributed by atoms with Gasteiger partial charge in [0.05, 0.1) is 13.2 Å². The summed E-state index contributed by atoms with van der Waals surface area (Å²) in [6.45, 7) is 3.53. The first-order chi connectivity index (χ1) is 3.91. The maximum atomic E-state index is 8.24. The Morgan fingerprint density at radius 2 is 1.90 bits per heavy atom. The van der Waals surface area contributed by atoms with E-state index < -0.39 is 0 Å². The molecule has 10 heavy (non-hydrogen) atoms. The summed E-state index contributed by atoms with van der Waals surface area (Å²) >= 11 is 0. The third kappa shape index (κ3) is 15.7. The van der Waals surface area contributed by atoms with Gasteiger partial charge in [0.15, 0.2) is 0 Å². The Bertz CT molecular complexity index is 38.0. The molecule has 0 radical (unpaired) electrons. The quantitative estimate of drug-likeness (QED) is 0.467. The average molecular weight is 170 g/mol. The summed E-state index contributed by atoms with van der Waals surface area (Å²) in [6.07, 6.45) is 2.26. The number of rotatable bonds is 5. The van der Waals surface area contributed by atoms with Crippen LogP contribution < -0.4 is 0 Å². The van der Waals surface area contributed by atoms with Crippen LogP contribution >= 0.6 is 9.90 Å². The van der Waals surface area contributed by atoms with Crippen LogP contribution in [-0.4, -0.2) is 30.4 Å². The molecule has 0 amide bonds. The minimum atomic E-state index is 0.